The molecule has 2 heterocycles. The van der Waals surface area contributed by atoms with Crippen LogP contribution in [-0.4, -0.2) is 16.9 Å². The van der Waals surface area contributed by atoms with Gasteiger partial charge in [-0.2, -0.15) is 0 Å². The largest absolute Gasteiger partial charge is 0.457 e. The van der Waals surface area contributed by atoms with Crippen molar-refractivity contribution in [2.75, 3.05) is 4.90 Å². The zero-order chi connectivity index (χ0) is 22.3. The maximum atomic E-state index is 13.2. The third-order valence-electron chi connectivity index (χ3n) is 4.96. The van der Waals surface area contributed by atoms with E-state index < -0.39 is 11.8 Å². The van der Waals surface area contributed by atoms with Gasteiger partial charge < -0.3 is 4.42 Å². The molecule has 1 aliphatic heterocycles. The van der Waals surface area contributed by atoms with Gasteiger partial charge in [-0.15, -0.1) is 0 Å². The third-order valence-corrected chi connectivity index (χ3v) is 5.89. The van der Waals surface area contributed by atoms with Crippen LogP contribution in [0.4, 0.5) is 5.69 Å². The van der Waals surface area contributed by atoms with Crippen LogP contribution < -0.4 is 10.2 Å². The molecule has 0 bridgehead atoms. The lowest BCUT2D eigenvalue weighted by atomic mass is 10.1. The number of aryl methyl sites for hydroxylation is 1. The molecule has 5 nitrogen and oxygen atoms in total. The quantitative estimate of drug-likeness (QED) is 0.302. The van der Waals surface area contributed by atoms with Crippen molar-refractivity contribution in [3.05, 3.63) is 81.0 Å². The topological polar surface area (TPSA) is 62.6 Å². The highest BCUT2D eigenvalue weighted by molar-refractivity contribution is 7.80. The molecule has 0 atom stereocenters. The Hall–Kier alpha value is -2.93. The number of furan rings is 1. The molecule has 4 rings (SSSR count). The van der Waals surface area contributed by atoms with Gasteiger partial charge in [-0.05, 0) is 79.7 Å². The molecule has 0 spiro atoms. The summed E-state index contributed by atoms with van der Waals surface area (Å²) in [5, 5.41) is 3.62. The lowest BCUT2D eigenvalue weighted by Crippen LogP contribution is -2.54. The minimum absolute atomic E-state index is 0.00722. The number of rotatable bonds is 3. The first kappa shape index (κ1) is 21.3. The predicted molar refractivity (Wildman–Crippen MR) is 126 cm³/mol. The van der Waals surface area contributed by atoms with E-state index in [1.165, 1.54) is 11.0 Å². The number of nitrogens with one attached hydrogen (secondary N) is 1. The second-order valence-corrected chi connectivity index (χ2v) is 8.23. The van der Waals surface area contributed by atoms with Crippen LogP contribution in [0.1, 0.15) is 16.9 Å². The van der Waals surface area contributed by atoms with Crippen molar-refractivity contribution in [2.45, 2.75) is 13.8 Å². The van der Waals surface area contributed by atoms with Crippen molar-refractivity contribution in [1.29, 1.82) is 0 Å². The minimum Gasteiger partial charge on any atom is -0.457 e. The molecule has 0 radical (unpaired) electrons. The van der Waals surface area contributed by atoms with Gasteiger partial charge in [0.1, 0.15) is 17.1 Å². The van der Waals surface area contributed by atoms with Crippen molar-refractivity contribution < 1.29 is 14.0 Å². The average Bonchev–Trinajstić information content (AvgIpc) is 3.18. The molecule has 8 heteroatoms. The van der Waals surface area contributed by atoms with E-state index in [4.69, 9.17) is 39.8 Å². The monoisotopic (exact) mass is 470 g/mol. The molecule has 1 aromatic heterocycles. The SMILES string of the molecule is Cc1ccc(Cl)cc1-c1ccc(/C=C2\C(=O)NC(=S)N(c3cccc(Cl)c3C)C2=O)o1. The summed E-state index contributed by atoms with van der Waals surface area (Å²) in [6, 6.07) is 14.1. The fraction of sp³-hybridized carbons (Fsp3) is 0.0870. The molecule has 31 heavy (non-hydrogen) atoms. The van der Waals surface area contributed by atoms with Gasteiger partial charge in [-0.25, -0.2) is 0 Å². The van der Waals surface area contributed by atoms with Gasteiger partial charge in [0.25, 0.3) is 11.8 Å². The Morgan fingerprint density at radius 2 is 1.84 bits per heavy atom. The zero-order valence-electron chi connectivity index (χ0n) is 16.5. The first-order chi connectivity index (χ1) is 14.8. The fourth-order valence-electron chi connectivity index (χ4n) is 3.29. The van der Waals surface area contributed by atoms with E-state index in [0.717, 1.165) is 11.1 Å². The van der Waals surface area contributed by atoms with Crippen molar-refractivity contribution in [3.63, 3.8) is 0 Å². The summed E-state index contributed by atoms with van der Waals surface area (Å²) in [5.41, 5.74) is 2.89. The van der Waals surface area contributed by atoms with Gasteiger partial charge in [-0.1, -0.05) is 35.3 Å². The number of benzene rings is 2. The van der Waals surface area contributed by atoms with Gasteiger partial charge in [0.15, 0.2) is 5.11 Å². The van der Waals surface area contributed by atoms with E-state index in [2.05, 4.69) is 5.32 Å². The Kier molecular flexibility index (Phi) is 5.71. The van der Waals surface area contributed by atoms with Crippen LogP contribution in [0.3, 0.4) is 0 Å². The number of amides is 2. The molecule has 2 amide bonds. The molecule has 2 aromatic carbocycles. The van der Waals surface area contributed by atoms with Crippen LogP contribution >= 0.6 is 35.4 Å². The summed E-state index contributed by atoms with van der Waals surface area (Å²) in [6.45, 7) is 3.72. The van der Waals surface area contributed by atoms with Gasteiger partial charge >= 0.3 is 0 Å². The van der Waals surface area contributed by atoms with Crippen LogP contribution in [0.5, 0.6) is 0 Å². The van der Waals surface area contributed by atoms with Crippen LogP contribution in [0.25, 0.3) is 17.4 Å². The van der Waals surface area contributed by atoms with E-state index in [-0.39, 0.29) is 10.7 Å². The van der Waals surface area contributed by atoms with Gasteiger partial charge in [0.05, 0.1) is 5.69 Å². The van der Waals surface area contributed by atoms with Gasteiger partial charge in [0, 0.05) is 15.6 Å². The first-order valence-corrected chi connectivity index (χ1v) is 10.5. The Morgan fingerprint density at radius 1 is 1.06 bits per heavy atom. The summed E-state index contributed by atoms with van der Waals surface area (Å²) < 4.78 is 5.88. The van der Waals surface area contributed by atoms with Crippen LogP contribution in [-0.2, 0) is 9.59 Å². The first-order valence-electron chi connectivity index (χ1n) is 9.29. The number of thiocarbonyl (C=S) groups is 1. The van der Waals surface area contributed by atoms with E-state index >= 15 is 0 Å². The summed E-state index contributed by atoms with van der Waals surface area (Å²) >= 11 is 17.5. The molecule has 1 fully saturated rings. The van der Waals surface area contributed by atoms with Gasteiger partial charge in [-0.3, -0.25) is 19.8 Å². The average molecular weight is 471 g/mol. The van der Waals surface area contributed by atoms with E-state index in [9.17, 15) is 9.59 Å². The fourth-order valence-corrected chi connectivity index (χ4v) is 3.91. The molecule has 0 aliphatic carbocycles. The van der Waals surface area contributed by atoms with Crippen LogP contribution in [0.2, 0.25) is 10.0 Å². The normalized spacial score (nSPS) is 15.5. The molecule has 0 saturated carbocycles. The van der Waals surface area contributed by atoms with Crippen molar-refractivity contribution in [1.82, 2.24) is 5.32 Å². The molecular formula is C23H16Cl2N2O3S. The summed E-state index contributed by atoms with van der Waals surface area (Å²) in [6.07, 6.45) is 1.40. The Balaban J connectivity index is 1.72. The molecule has 1 N–H and O–H groups in total. The Morgan fingerprint density at radius 3 is 2.61 bits per heavy atom. The van der Waals surface area contributed by atoms with Crippen molar-refractivity contribution in [3.8, 4) is 11.3 Å². The van der Waals surface area contributed by atoms with Gasteiger partial charge in [0.2, 0.25) is 0 Å². The molecule has 1 saturated heterocycles. The van der Waals surface area contributed by atoms with E-state index in [1.807, 2.05) is 13.0 Å². The smallest absolute Gasteiger partial charge is 0.270 e. The number of hydrogen-bond acceptors (Lipinski definition) is 4. The Bertz CT molecular complexity index is 1280. The van der Waals surface area contributed by atoms with E-state index in [1.54, 1.807) is 49.4 Å². The summed E-state index contributed by atoms with van der Waals surface area (Å²) in [7, 11) is 0. The maximum Gasteiger partial charge on any atom is 0.270 e. The summed E-state index contributed by atoms with van der Waals surface area (Å²) in [4.78, 5) is 27.0. The standard InChI is InChI=1S/C23H16Cl2N2O3S/c1-12-6-7-14(24)10-16(12)20-9-8-15(30-20)11-17-21(28)26-23(31)27(22(17)29)19-5-3-4-18(25)13(19)2/h3-11H,1-2H3,(H,26,28,31)/b17-11+. The number of halogens is 2. The number of nitrogens with zero attached hydrogens (tertiary/aromatic N) is 1. The molecular weight excluding hydrogens is 455 g/mol. The molecule has 156 valence electrons. The van der Waals surface area contributed by atoms with Crippen molar-refractivity contribution in [2.24, 2.45) is 0 Å². The molecule has 1 aliphatic rings. The molecule has 0 unspecified atom stereocenters. The highest BCUT2D eigenvalue weighted by Gasteiger charge is 2.35. The number of hydrogen-bond donors (Lipinski definition) is 1. The summed E-state index contributed by atoms with van der Waals surface area (Å²) in [5.74, 6) is -0.226. The highest BCUT2D eigenvalue weighted by Crippen LogP contribution is 2.31. The minimum atomic E-state index is -0.595. The number of anilines is 1. The maximum absolute atomic E-state index is 13.2. The lowest BCUT2D eigenvalue weighted by molar-refractivity contribution is -0.122. The van der Waals surface area contributed by atoms with Crippen LogP contribution in [0.15, 0.2) is 58.5 Å². The Labute approximate surface area is 194 Å². The van der Waals surface area contributed by atoms with Crippen LogP contribution in [0, 0.1) is 13.8 Å². The van der Waals surface area contributed by atoms with Crippen molar-refractivity contribution >= 4 is 64.1 Å². The second kappa shape index (κ2) is 8.30. The van der Waals surface area contributed by atoms with E-state index in [0.29, 0.717) is 32.8 Å². The number of carbonyl (C=O) groups excluding carboxylic acids is 2. The predicted octanol–water partition coefficient (Wildman–Crippen LogP) is 5.70. The third kappa shape index (κ3) is 4.02. The second-order valence-electron chi connectivity index (χ2n) is 7.00. The molecule has 3 aromatic rings. The lowest BCUT2D eigenvalue weighted by Gasteiger charge is -2.30. The number of carbonyl (C=O) groups is 2. The highest BCUT2D eigenvalue weighted by atomic mass is 35.5. The zero-order valence-corrected chi connectivity index (χ0v) is 18.9.